The van der Waals surface area contributed by atoms with Crippen LogP contribution in [0.2, 0.25) is 0 Å². The Hall–Kier alpha value is -0.0500. The predicted molar refractivity (Wildman–Crippen MR) is 147 cm³/mol. The lowest BCUT2D eigenvalue weighted by molar-refractivity contribution is -0.890. The summed E-state index contributed by atoms with van der Waals surface area (Å²) in [5.41, 5.74) is 0. The van der Waals surface area contributed by atoms with Crippen LogP contribution < -0.4 is 0 Å². The van der Waals surface area contributed by atoms with Crippen molar-refractivity contribution in [2.45, 2.75) is 123 Å². The number of aliphatic hydroxyl groups is 2. The van der Waals surface area contributed by atoms with E-state index in [1.54, 1.807) is 0 Å². The zero-order valence-corrected chi connectivity index (χ0v) is 24.5. The number of unbranched alkanes of at least 4 members (excludes halogenated alkanes) is 4. The summed E-state index contributed by atoms with van der Waals surface area (Å²) in [6.45, 7) is 9.21. The van der Waals surface area contributed by atoms with Gasteiger partial charge in [-0.15, -0.1) is 0 Å². The van der Waals surface area contributed by atoms with Crippen LogP contribution in [0.4, 0.5) is 0 Å². The predicted octanol–water partition coefficient (Wildman–Crippen LogP) is 5.99. The van der Waals surface area contributed by atoms with Gasteiger partial charge >= 0.3 is 0 Å². The van der Waals surface area contributed by atoms with Gasteiger partial charge < -0.3 is 23.4 Å². The minimum absolute atomic E-state index is 0.122. The summed E-state index contributed by atoms with van der Waals surface area (Å²) in [4.78, 5) is 0. The molecule has 0 rings (SSSR count). The second kappa shape index (κ2) is 22.0. The summed E-state index contributed by atoms with van der Waals surface area (Å²) in [6.07, 6.45) is 17.4. The first kappa shape index (κ1) is 35.0. The molecule has 0 heterocycles. The van der Waals surface area contributed by atoms with Gasteiger partial charge in [-0.3, -0.25) is 0 Å². The molecule has 0 radical (unpaired) electrons. The number of quaternary nitrogens is 1. The molecule has 0 fully saturated rings. The Morgan fingerprint density at radius 1 is 0.857 bits per heavy atom. The van der Waals surface area contributed by atoms with Crippen molar-refractivity contribution in [1.82, 2.24) is 0 Å². The third kappa shape index (κ3) is 21.7. The average molecular weight is 522 g/mol. The lowest BCUT2D eigenvalue weighted by atomic mass is 9.80. The molecular formula is C28H59NO5S. The molecule has 7 heteroatoms. The van der Waals surface area contributed by atoms with Crippen LogP contribution in [0.25, 0.3) is 0 Å². The molecule has 35 heavy (non-hydrogen) atoms. The third-order valence-corrected chi connectivity index (χ3v) is 7.96. The molecule has 0 aliphatic rings. The summed E-state index contributed by atoms with van der Waals surface area (Å²) < 4.78 is 26.5. The highest BCUT2D eigenvalue weighted by atomic mass is 32.2. The minimum atomic E-state index is -2.40. The molecule has 0 aromatic rings. The Morgan fingerprint density at radius 2 is 1.51 bits per heavy atom. The van der Waals surface area contributed by atoms with Crippen LogP contribution in [0.15, 0.2) is 0 Å². The highest BCUT2D eigenvalue weighted by molar-refractivity contribution is 7.74. The highest BCUT2D eigenvalue weighted by Crippen LogP contribution is 2.31. The molecule has 0 bridgehead atoms. The van der Waals surface area contributed by atoms with Crippen molar-refractivity contribution < 1.29 is 27.6 Å². The van der Waals surface area contributed by atoms with Crippen LogP contribution in [-0.2, 0) is 15.5 Å². The Morgan fingerprint density at radius 3 is 2.14 bits per heavy atom. The van der Waals surface area contributed by atoms with Crippen molar-refractivity contribution in [3.63, 3.8) is 0 Å². The van der Waals surface area contributed by atoms with E-state index in [0.29, 0.717) is 12.3 Å². The molecule has 212 valence electrons. The van der Waals surface area contributed by atoms with E-state index in [4.69, 9.17) is 5.11 Å². The quantitative estimate of drug-likeness (QED) is 0.0875. The van der Waals surface area contributed by atoms with E-state index in [0.717, 1.165) is 48.7 Å². The molecule has 0 aliphatic carbocycles. The Kier molecular flexibility index (Phi) is 21.9. The van der Waals surface area contributed by atoms with Gasteiger partial charge in [-0.2, -0.15) is 0 Å². The summed E-state index contributed by atoms with van der Waals surface area (Å²) >= 11 is -2.40. The Labute approximate surface area is 220 Å². The van der Waals surface area contributed by atoms with E-state index in [1.807, 2.05) is 0 Å². The van der Waals surface area contributed by atoms with Crippen molar-refractivity contribution in [3.05, 3.63) is 0 Å². The second-order valence-corrected chi connectivity index (χ2v) is 12.2. The molecule has 0 aliphatic heterocycles. The maximum atomic E-state index is 10.5. The van der Waals surface area contributed by atoms with Gasteiger partial charge in [0.2, 0.25) is 0 Å². The Balaban J connectivity index is 4.36. The van der Waals surface area contributed by atoms with Crippen LogP contribution in [0.3, 0.4) is 0 Å². The topological polar surface area (TPSA) is 89.8 Å². The molecule has 0 aromatic heterocycles. The Bertz CT molecular complexity index is 506. The normalized spacial score (nSPS) is 16.7. The molecule has 6 nitrogen and oxygen atoms in total. The fraction of sp³-hybridized carbons (Fsp3) is 1.00. The molecule has 0 saturated carbocycles. The van der Waals surface area contributed by atoms with Crippen molar-refractivity contribution in [1.29, 1.82) is 0 Å². The molecular weight excluding hydrogens is 462 g/mol. The zero-order valence-electron chi connectivity index (χ0n) is 23.7. The zero-order chi connectivity index (χ0) is 26.5. The number of aliphatic hydroxyl groups excluding tert-OH is 2. The maximum Gasteiger partial charge on any atom is 0.0842 e. The maximum absolute atomic E-state index is 10.5. The molecule has 5 unspecified atom stereocenters. The lowest BCUT2D eigenvalue weighted by Gasteiger charge is -2.30. The van der Waals surface area contributed by atoms with Gasteiger partial charge in [0.05, 0.1) is 57.9 Å². The lowest BCUT2D eigenvalue weighted by Crippen LogP contribution is -2.41. The van der Waals surface area contributed by atoms with Gasteiger partial charge in [0.25, 0.3) is 0 Å². The van der Waals surface area contributed by atoms with Gasteiger partial charge in [0.1, 0.15) is 0 Å². The van der Waals surface area contributed by atoms with Crippen molar-refractivity contribution in [2.24, 2.45) is 17.8 Å². The van der Waals surface area contributed by atoms with Crippen molar-refractivity contribution >= 4 is 11.4 Å². The molecule has 0 spiro atoms. The molecule has 0 amide bonds. The summed E-state index contributed by atoms with van der Waals surface area (Å²) in [5.74, 6) is 2.31. The highest BCUT2D eigenvalue weighted by Gasteiger charge is 2.19. The third-order valence-electron chi connectivity index (χ3n) is 7.60. The summed E-state index contributed by atoms with van der Waals surface area (Å²) in [7, 11) is 4.44. The fourth-order valence-electron chi connectivity index (χ4n) is 5.34. The largest absolute Gasteiger partial charge is 0.750 e. The standard InChI is InChI=1S/C28H59NO5S/c1-6-8-10-17-27(22-25(3)15-13-18-28(31)24-30)23-26(7-2)16-11-9-12-19-29(4,5)20-14-21-34-35(32)33/h25-28,30-31H,6-24H2,1-5H3. The second-order valence-electron chi connectivity index (χ2n) is 11.6. The van der Waals surface area contributed by atoms with Crippen LogP contribution in [0.5, 0.6) is 0 Å². The van der Waals surface area contributed by atoms with Gasteiger partial charge in [-0.1, -0.05) is 78.6 Å². The summed E-state index contributed by atoms with van der Waals surface area (Å²) in [6, 6.07) is 0. The van der Waals surface area contributed by atoms with Gasteiger partial charge in [0.15, 0.2) is 0 Å². The van der Waals surface area contributed by atoms with Crippen LogP contribution in [0, 0.1) is 17.8 Å². The average Bonchev–Trinajstić information content (AvgIpc) is 2.80. The minimum Gasteiger partial charge on any atom is -0.750 e. The van der Waals surface area contributed by atoms with E-state index >= 15 is 0 Å². The number of nitrogens with zero attached hydrogens (tertiary/aromatic N) is 1. The SMILES string of the molecule is CCCCCC(CC(C)CCCC(O)CO)CC(CC)CCCCC[N+](C)(C)CCCOS(=O)[O-]. The molecule has 0 saturated heterocycles. The summed E-state index contributed by atoms with van der Waals surface area (Å²) in [5, 5.41) is 18.6. The van der Waals surface area contributed by atoms with Gasteiger partial charge in [-0.25, -0.2) is 4.21 Å². The first-order valence-electron chi connectivity index (χ1n) is 14.5. The van der Waals surface area contributed by atoms with Gasteiger partial charge in [0, 0.05) is 6.42 Å². The van der Waals surface area contributed by atoms with E-state index in [-0.39, 0.29) is 13.2 Å². The molecule has 0 aromatic carbocycles. The smallest absolute Gasteiger partial charge is 0.0842 e. The van der Waals surface area contributed by atoms with Crippen LogP contribution in [0.1, 0.15) is 117 Å². The fourth-order valence-corrected chi connectivity index (χ4v) is 5.59. The first-order chi connectivity index (χ1) is 16.6. The van der Waals surface area contributed by atoms with Crippen LogP contribution >= 0.6 is 0 Å². The van der Waals surface area contributed by atoms with E-state index < -0.39 is 17.5 Å². The van der Waals surface area contributed by atoms with E-state index in [1.165, 1.54) is 70.6 Å². The van der Waals surface area contributed by atoms with E-state index in [2.05, 4.69) is 39.0 Å². The van der Waals surface area contributed by atoms with Crippen molar-refractivity contribution in [3.8, 4) is 0 Å². The number of rotatable bonds is 25. The number of hydrogen-bond acceptors (Lipinski definition) is 5. The molecule has 5 atom stereocenters. The monoisotopic (exact) mass is 521 g/mol. The van der Waals surface area contributed by atoms with Crippen molar-refractivity contribution in [2.75, 3.05) is 40.4 Å². The van der Waals surface area contributed by atoms with Crippen LogP contribution in [-0.4, -0.2) is 70.0 Å². The first-order valence-corrected chi connectivity index (χ1v) is 15.5. The van der Waals surface area contributed by atoms with E-state index in [9.17, 15) is 13.9 Å². The molecule has 2 N–H and O–H groups in total. The number of hydrogen-bond donors (Lipinski definition) is 2. The van der Waals surface area contributed by atoms with Gasteiger partial charge in [-0.05, 0) is 49.9 Å².